The first-order chi connectivity index (χ1) is 10.1. The van der Waals surface area contributed by atoms with Gasteiger partial charge >= 0.3 is 0 Å². The number of anilines is 2. The quantitative estimate of drug-likeness (QED) is 0.476. The molecule has 5 N–H and O–H groups in total. The van der Waals surface area contributed by atoms with E-state index in [0.717, 1.165) is 19.3 Å². The third-order valence-electron chi connectivity index (χ3n) is 3.32. The predicted octanol–water partition coefficient (Wildman–Crippen LogP) is 1.86. The minimum Gasteiger partial charge on any atom is -0.397 e. The summed E-state index contributed by atoms with van der Waals surface area (Å²) in [5.41, 5.74) is 11.8. The van der Waals surface area contributed by atoms with Gasteiger partial charge in [0.25, 0.3) is 5.91 Å². The molecular weight excluding hydrogens is 290 g/mol. The number of primary amides is 1. The number of carbonyl (C=O) groups excluding carboxylic acids is 2. The lowest BCUT2D eigenvalue weighted by molar-refractivity contribution is 0.0972. The number of amides is 1. The maximum absolute atomic E-state index is 12.2. The molecule has 0 aromatic carbocycles. The lowest BCUT2D eigenvalue weighted by Crippen LogP contribution is -2.16. The van der Waals surface area contributed by atoms with Gasteiger partial charge in [0.1, 0.15) is 5.00 Å². The van der Waals surface area contributed by atoms with E-state index < -0.39 is 5.91 Å². The Morgan fingerprint density at radius 2 is 2.14 bits per heavy atom. The minimum atomic E-state index is -0.606. The number of Topliss-reactive ketones (excluding diaryl/α,β-unsaturated/α-hetero) is 1. The van der Waals surface area contributed by atoms with E-state index in [-0.39, 0.29) is 23.0 Å². The van der Waals surface area contributed by atoms with Crippen LogP contribution >= 0.6 is 11.3 Å². The van der Waals surface area contributed by atoms with Crippen molar-refractivity contribution in [1.29, 1.82) is 0 Å². The SMILES string of the molecule is CCOCCCNc1sc(C(=O)C2CC2)c(N)c1C(N)=O. The van der Waals surface area contributed by atoms with Crippen molar-refractivity contribution in [1.82, 2.24) is 0 Å². The van der Waals surface area contributed by atoms with Crippen molar-refractivity contribution in [2.75, 3.05) is 30.8 Å². The third kappa shape index (κ3) is 3.74. The molecule has 0 spiro atoms. The van der Waals surface area contributed by atoms with Crippen LogP contribution in [0, 0.1) is 5.92 Å². The molecule has 2 rings (SSSR count). The first kappa shape index (κ1) is 15.8. The topological polar surface area (TPSA) is 107 Å². The normalized spacial score (nSPS) is 14.1. The Morgan fingerprint density at radius 3 is 2.71 bits per heavy atom. The van der Waals surface area contributed by atoms with Crippen LogP contribution in [0.4, 0.5) is 10.7 Å². The van der Waals surface area contributed by atoms with E-state index in [1.807, 2.05) is 6.92 Å². The molecule has 0 atom stereocenters. The molecule has 21 heavy (non-hydrogen) atoms. The molecule has 1 aromatic rings. The highest BCUT2D eigenvalue weighted by atomic mass is 32.1. The van der Waals surface area contributed by atoms with Gasteiger partial charge in [-0.05, 0) is 26.2 Å². The summed E-state index contributed by atoms with van der Waals surface area (Å²) in [6.45, 7) is 3.90. The van der Waals surface area contributed by atoms with Crippen LogP contribution in [0.25, 0.3) is 0 Å². The molecule has 0 unspecified atom stereocenters. The number of rotatable bonds is 9. The predicted molar refractivity (Wildman–Crippen MR) is 83.9 cm³/mol. The summed E-state index contributed by atoms with van der Waals surface area (Å²) >= 11 is 1.23. The fraction of sp³-hybridized carbons (Fsp3) is 0.571. The molecule has 6 nitrogen and oxygen atoms in total. The van der Waals surface area contributed by atoms with Gasteiger partial charge in [-0.1, -0.05) is 0 Å². The Morgan fingerprint density at radius 1 is 1.43 bits per heavy atom. The van der Waals surface area contributed by atoms with Gasteiger partial charge in [0.05, 0.1) is 16.1 Å². The average Bonchev–Trinajstić information content (AvgIpc) is 3.22. The van der Waals surface area contributed by atoms with Crippen LogP contribution in [0.3, 0.4) is 0 Å². The number of ketones is 1. The van der Waals surface area contributed by atoms with Crippen LogP contribution in [0.5, 0.6) is 0 Å². The fourth-order valence-corrected chi connectivity index (χ4v) is 3.22. The van der Waals surface area contributed by atoms with Gasteiger partial charge in [0, 0.05) is 25.7 Å². The second kappa shape index (κ2) is 6.91. The number of hydrogen-bond acceptors (Lipinski definition) is 6. The lowest BCUT2D eigenvalue weighted by atomic mass is 10.1. The van der Waals surface area contributed by atoms with Crippen LogP contribution in [-0.2, 0) is 4.74 Å². The van der Waals surface area contributed by atoms with Crippen molar-refractivity contribution in [3.05, 3.63) is 10.4 Å². The van der Waals surface area contributed by atoms with E-state index >= 15 is 0 Å². The summed E-state index contributed by atoms with van der Waals surface area (Å²) in [6, 6.07) is 0. The van der Waals surface area contributed by atoms with E-state index in [1.54, 1.807) is 0 Å². The van der Waals surface area contributed by atoms with Gasteiger partial charge in [0.15, 0.2) is 5.78 Å². The molecule has 0 radical (unpaired) electrons. The molecule has 1 aromatic heterocycles. The van der Waals surface area contributed by atoms with Crippen LogP contribution in [0.15, 0.2) is 0 Å². The first-order valence-corrected chi connectivity index (χ1v) is 7.95. The molecular formula is C14H21N3O3S. The highest BCUT2D eigenvalue weighted by Crippen LogP contribution is 2.41. The number of nitrogens with one attached hydrogen (secondary N) is 1. The Labute approximate surface area is 127 Å². The highest BCUT2D eigenvalue weighted by Gasteiger charge is 2.34. The van der Waals surface area contributed by atoms with Crippen molar-refractivity contribution in [3.8, 4) is 0 Å². The summed E-state index contributed by atoms with van der Waals surface area (Å²) in [4.78, 5) is 24.2. The highest BCUT2D eigenvalue weighted by molar-refractivity contribution is 7.19. The van der Waals surface area contributed by atoms with E-state index in [9.17, 15) is 9.59 Å². The van der Waals surface area contributed by atoms with E-state index in [4.69, 9.17) is 16.2 Å². The second-order valence-electron chi connectivity index (χ2n) is 5.03. The molecule has 116 valence electrons. The molecule has 1 aliphatic carbocycles. The van der Waals surface area contributed by atoms with Crippen LogP contribution in [0.1, 0.15) is 46.2 Å². The number of nitrogens with two attached hydrogens (primary N) is 2. The van der Waals surface area contributed by atoms with Gasteiger partial charge in [-0.25, -0.2) is 0 Å². The van der Waals surface area contributed by atoms with Crippen molar-refractivity contribution in [2.45, 2.75) is 26.2 Å². The van der Waals surface area contributed by atoms with Gasteiger partial charge in [-0.15, -0.1) is 11.3 Å². The van der Waals surface area contributed by atoms with Crippen molar-refractivity contribution >= 4 is 33.7 Å². The Hall–Kier alpha value is -1.60. The van der Waals surface area contributed by atoms with Gasteiger partial charge in [-0.3, -0.25) is 9.59 Å². The number of ether oxygens (including phenoxy) is 1. The van der Waals surface area contributed by atoms with Gasteiger partial charge in [0.2, 0.25) is 0 Å². The van der Waals surface area contributed by atoms with E-state index in [1.165, 1.54) is 11.3 Å². The van der Waals surface area contributed by atoms with Crippen molar-refractivity contribution in [2.24, 2.45) is 11.7 Å². The molecule has 1 saturated carbocycles. The third-order valence-corrected chi connectivity index (χ3v) is 4.50. The standard InChI is InChI=1S/C14H21N3O3S/c1-2-20-7-3-6-17-14-9(13(16)19)10(15)12(21-14)11(18)8-4-5-8/h8,17H,2-7,15H2,1H3,(H2,16,19). The summed E-state index contributed by atoms with van der Waals surface area (Å²) in [5, 5.41) is 3.72. The lowest BCUT2D eigenvalue weighted by Gasteiger charge is -2.05. The maximum Gasteiger partial charge on any atom is 0.253 e. The number of thiophene rings is 1. The van der Waals surface area contributed by atoms with E-state index in [2.05, 4.69) is 5.32 Å². The second-order valence-corrected chi connectivity index (χ2v) is 6.05. The van der Waals surface area contributed by atoms with Crippen LogP contribution in [0.2, 0.25) is 0 Å². The summed E-state index contributed by atoms with van der Waals surface area (Å²) < 4.78 is 5.25. The first-order valence-electron chi connectivity index (χ1n) is 7.14. The fourth-order valence-electron chi connectivity index (χ4n) is 2.05. The Bertz CT molecular complexity index is 538. The van der Waals surface area contributed by atoms with Gasteiger partial charge < -0.3 is 21.5 Å². The summed E-state index contributed by atoms with van der Waals surface area (Å²) in [5.74, 6) is -0.509. The molecule has 0 bridgehead atoms. The van der Waals surface area contributed by atoms with Crippen LogP contribution < -0.4 is 16.8 Å². The Balaban J connectivity index is 2.09. The molecule has 1 fully saturated rings. The Kier molecular flexibility index (Phi) is 5.19. The van der Waals surface area contributed by atoms with Gasteiger partial charge in [-0.2, -0.15) is 0 Å². The molecule has 0 saturated heterocycles. The van der Waals surface area contributed by atoms with Crippen molar-refractivity contribution < 1.29 is 14.3 Å². The monoisotopic (exact) mass is 311 g/mol. The molecule has 1 heterocycles. The van der Waals surface area contributed by atoms with Crippen LogP contribution in [-0.4, -0.2) is 31.4 Å². The molecule has 1 amide bonds. The number of carbonyl (C=O) groups is 2. The zero-order valence-electron chi connectivity index (χ0n) is 12.1. The molecule has 7 heteroatoms. The van der Waals surface area contributed by atoms with E-state index in [0.29, 0.717) is 29.6 Å². The zero-order valence-corrected chi connectivity index (χ0v) is 12.9. The molecule has 0 aliphatic heterocycles. The van der Waals surface area contributed by atoms with Crippen molar-refractivity contribution in [3.63, 3.8) is 0 Å². The number of nitrogen functional groups attached to an aromatic ring is 1. The minimum absolute atomic E-state index is 0.0300. The molecule has 1 aliphatic rings. The maximum atomic E-state index is 12.2. The largest absolute Gasteiger partial charge is 0.397 e. The smallest absolute Gasteiger partial charge is 0.253 e. The summed E-state index contributed by atoms with van der Waals surface area (Å²) in [6.07, 6.45) is 2.61. The average molecular weight is 311 g/mol. The summed E-state index contributed by atoms with van der Waals surface area (Å²) in [7, 11) is 0. The zero-order chi connectivity index (χ0) is 15.4. The number of hydrogen-bond donors (Lipinski definition) is 3.